The van der Waals surface area contributed by atoms with E-state index in [1.54, 1.807) is 0 Å². The van der Waals surface area contributed by atoms with Crippen molar-refractivity contribution in [1.82, 2.24) is 0 Å². The highest BCUT2D eigenvalue weighted by atomic mass is 32.2. The van der Waals surface area contributed by atoms with Gasteiger partial charge in [-0.2, -0.15) is 11.8 Å². The molecule has 0 aromatic heterocycles. The summed E-state index contributed by atoms with van der Waals surface area (Å²) in [7, 11) is 0. The molecule has 0 nitrogen and oxygen atoms in total. The van der Waals surface area contributed by atoms with Crippen LogP contribution in [-0.4, -0.2) is 11.0 Å². The van der Waals surface area contributed by atoms with Crippen LogP contribution in [0, 0.1) is 6.92 Å². The maximum absolute atomic E-state index is 3.82. The second kappa shape index (κ2) is 6.47. The first kappa shape index (κ1) is 9.35. The van der Waals surface area contributed by atoms with Crippen molar-refractivity contribution in [3.8, 4) is 0 Å². The zero-order chi connectivity index (χ0) is 7.11. The monoisotopic (exact) mass is 145 g/mol. The summed E-state index contributed by atoms with van der Waals surface area (Å²) >= 11 is 1.99. The van der Waals surface area contributed by atoms with E-state index in [1.807, 2.05) is 11.8 Å². The molecule has 0 heterocycles. The van der Waals surface area contributed by atoms with E-state index in [9.17, 15) is 0 Å². The van der Waals surface area contributed by atoms with Gasteiger partial charge in [-0.3, -0.25) is 0 Å². The largest absolute Gasteiger partial charge is 0.159 e. The number of hydrogen-bond donors (Lipinski definition) is 0. The number of hydrogen-bond acceptors (Lipinski definition) is 1. The molecule has 0 aromatic carbocycles. The summed E-state index contributed by atoms with van der Waals surface area (Å²) in [4.78, 5) is 0. The Balaban J connectivity index is 3.18. The van der Waals surface area contributed by atoms with Crippen LogP contribution in [0.15, 0.2) is 0 Å². The molecule has 0 spiro atoms. The zero-order valence-corrected chi connectivity index (χ0v) is 7.34. The first-order valence-electron chi connectivity index (χ1n) is 3.76. The predicted octanol–water partition coefficient (Wildman–Crippen LogP) is 3.13. The molecule has 0 fully saturated rings. The molecule has 1 atom stereocenters. The third kappa shape index (κ3) is 4.83. The van der Waals surface area contributed by atoms with Crippen molar-refractivity contribution in [2.24, 2.45) is 0 Å². The maximum atomic E-state index is 3.82. The molecule has 55 valence electrons. The van der Waals surface area contributed by atoms with E-state index in [1.165, 1.54) is 19.3 Å². The quantitative estimate of drug-likeness (QED) is 0.572. The van der Waals surface area contributed by atoms with Crippen molar-refractivity contribution < 1.29 is 0 Å². The zero-order valence-electron chi connectivity index (χ0n) is 6.52. The van der Waals surface area contributed by atoms with Gasteiger partial charge < -0.3 is 0 Å². The van der Waals surface area contributed by atoms with Gasteiger partial charge in [0, 0.05) is 5.25 Å². The van der Waals surface area contributed by atoms with Gasteiger partial charge in [0.15, 0.2) is 0 Å². The maximum Gasteiger partial charge on any atom is 0.00443 e. The van der Waals surface area contributed by atoms with E-state index >= 15 is 0 Å². The first-order chi connectivity index (χ1) is 4.35. The Morgan fingerprint density at radius 2 is 2.11 bits per heavy atom. The summed E-state index contributed by atoms with van der Waals surface area (Å²) < 4.78 is 0. The van der Waals surface area contributed by atoms with E-state index in [2.05, 4.69) is 20.8 Å². The van der Waals surface area contributed by atoms with E-state index in [0.29, 0.717) is 0 Å². The van der Waals surface area contributed by atoms with Gasteiger partial charge in [-0.1, -0.05) is 20.3 Å². The Labute approximate surface area is 63.4 Å². The molecule has 0 amide bonds. The van der Waals surface area contributed by atoms with Crippen LogP contribution in [0.2, 0.25) is 0 Å². The van der Waals surface area contributed by atoms with Gasteiger partial charge in [0.05, 0.1) is 0 Å². The summed E-state index contributed by atoms with van der Waals surface area (Å²) in [5, 5.41) is 0.868. The standard InChI is InChI=1S/C8H17S/c1-4-7-8(5-2)9-6-3/h8H,3-7H2,1-2H3. The Morgan fingerprint density at radius 3 is 2.44 bits per heavy atom. The predicted molar refractivity (Wildman–Crippen MR) is 46.8 cm³/mol. The summed E-state index contributed by atoms with van der Waals surface area (Å²) in [6.45, 7) is 8.31. The van der Waals surface area contributed by atoms with Gasteiger partial charge >= 0.3 is 0 Å². The van der Waals surface area contributed by atoms with Crippen LogP contribution in [0.25, 0.3) is 0 Å². The second-order valence-corrected chi connectivity index (χ2v) is 3.60. The lowest BCUT2D eigenvalue weighted by molar-refractivity contribution is 0.720. The fraction of sp³-hybridized carbons (Fsp3) is 0.875. The molecule has 0 aromatic rings. The number of thioether (sulfide) groups is 1. The van der Waals surface area contributed by atoms with Crippen molar-refractivity contribution in [3.05, 3.63) is 6.92 Å². The average Bonchev–Trinajstić information content (AvgIpc) is 1.88. The van der Waals surface area contributed by atoms with Crippen LogP contribution in [0.4, 0.5) is 0 Å². The van der Waals surface area contributed by atoms with Crippen LogP contribution in [0.1, 0.15) is 33.1 Å². The average molecular weight is 145 g/mol. The van der Waals surface area contributed by atoms with Crippen molar-refractivity contribution >= 4 is 11.8 Å². The molecule has 0 aliphatic heterocycles. The van der Waals surface area contributed by atoms with E-state index in [-0.39, 0.29) is 0 Å². The lowest BCUT2D eigenvalue weighted by atomic mass is 10.2. The molecule has 0 saturated heterocycles. The lowest BCUT2D eigenvalue weighted by Gasteiger charge is -2.10. The molecule has 0 saturated carbocycles. The second-order valence-electron chi connectivity index (χ2n) is 2.19. The minimum Gasteiger partial charge on any atom is -0.159 e. The van der Waals surface area contributed by atoms with Gasteiger partial charge in [-0.05, 0) is 25.5 Å². The summed E-state index contributed by atoms with van der Waals surface area (Å²) in [6, 6.07) is 0. The van der Waals surface area contributed by atoms with Crippen molar-refractivity contribution in [2.45, 2.75) is 38.4 Å². The SMILES string of the molecule is [CH2]CSC(CC)CCC. The molecule has 1 unspecified atom stereocenters. The van der Waals surface area contributed by atoms with Gasteiger partial charge in [0.1, 0.15) is 0 Å². The molecule has 9 heavy (non-hydrogen) atoms. The van der Waals surface area contributed by atoms with Gasteiger partial charge in [0.25, 0.3) is 0 Å². The van der Waals surface area contributed by atoms with Crippen LogP contribution < -0.4 is 0 Å². The Hall–Kier alpha value is 0.350. The molecule has 0 aliphatic carbocycles. The van der Waals surface area contributed by atoms with Crippen LogP contribution in [0.5, 0.6) is 0 Å². The third-order valence-corrected chi connectivity index (χ3v) is 2.70. The molecule has 1 radical (unpaired) electrons. The van der Waals surface area contributed by atoms with Gasteiger partial charge in [0.2, 0.25) is 0 Å². The minimum atomic E-state index is 0.868. The van der Waals surface area contributed by atoms with E-state index < -0.39 is 0 Å². The Bertz CT molecular complexity index is 46.5. The van der Waals surface area contributed by atoms with Crippen LogP contribution >= 0.6 is 11.8 Å². The molecule has 0 N–H and O–H groups in total. The smallest absolute Gasteiger partial charge is 0.00443 e. The molecule has 1 heteroatoms. The lowest BCUT2D eigenvalue weighted by Crippen LogP contribution is -1.99. The Morgan fingerprint density at radius 1 is 1.44 bits per heavy atom. The highest BCUT2D eigenvalue weighted by Gasteiger charge is 2.01. The highest BCUT2D eigenvalue weighted by Crippen LogP contribution is 2.18. The Kier molecular flexibility index (Phi) is 6.72. The molecular weight excluding hydrogens is 128 g/mol. The molecule has 0 aliphatic rings. The topological polar surface area (TPSA) is 0 Å². The molecular formula is C8H17S. The molecule has 0 bridgehead atoms. The highest BCUT2D eigenvalue weighted by molar-refractivity contribution is 7.99. The van der Waals surface area contributed by atoms with Crippen molar-refractivity contribution in [1.29, 1.82) is 0 Å². The fourth-order valence-electron chi connectivity index (χ4n) is 0.894. The minimum absolute atomic E-state index is 0.868. The fourth-order valence-corrected chi connectivity index (χ4v) is 1.87. The third-order valence-electron chi connectivity index (χ3n) is 1.42. The van der Waals surface area contributed by atoms with Gasteiger partial charge in [-0.15, -0.1) is 0 Å². The van der Waals surface area contributed by atoms with E-state index in [0.717, 1.165) is 11.0 Å². The summed E-state index contributed by atoms with van der Waals surface area (Å²) in [6.07, 6.45) is 3.97. The molecule has 0 rings (SSSR count). The normalized spacial score (nSPS) is 13.7. The van der Waals surface area contributed by atoms with Crippen LogP contribution in [0.3, 0.4) is 0 Å². The first-order valence-corrected chi connectivity index (χ1v) is 4.80. The van der Waals surface area contributed by atoms with Crippen molar-refractivity contribution in [3.63, 3.8) is 0 Å². The summed E-state index contributed by atoms with van der Waals surface area (Å²) in [5.41, 5.74) is 0. The number of rotatable bonds is 5. The van der Waals surface area contributed by atoms with Crippen molar-refractivity contribution in [2.75, 3.05) is 5.75 Å². The van der Waals surface area contributed by atoms with Gasteiger partial charge in [-0.25, -0.2) is 0 Å². The van der Waals surface area contributed by atoms with E-state index in [4.69, 9.17) is 0 Å². The summed E-state index contributed by atoms with van der Waals surface area (Å²) in [5.74, 6) is 1.03. The van der Waals surface area contributed by atoms with Crippen LogP contribution in [-0.2, 0) is 0 Å².